The van der Waals surface area contributed by atoms with E-state index < -0.39 is 0 Å². The van der Waals surface area contributed by atoms with Gasteiger partial charge in [-0.15, -0.1) is 0 Å². The van der Waals surface area contributed by atoms with Crippen molar-refractivity contribution in [3.8, 4) is 5.69 Å². The molecule has 0 radical (unpaired) electrons. The van der Waals surface area contributed by atoms with Crippen LogP contribution in [0.5, 0.6) is 0 Å². The lowest BCUT2D eigenvalue weighted by atomic mass is 10.1. The van der Waals surface area contributed by atoms with E-state index >= 15 is 0 Å². The van der Waals surface area contributed by atoms with Crippen LogP contribution in [-0.4, -0.2) is 51.8 Å². The molecule has 0 N–H and O–H groups in total. The normalized spacial score (nSPS) is 14.3. The summed E-state index contributed by atoms with van der Waals surface area (Å²) in [6.45, 7) is 8.97. The average molecular weight is 539 g/mol. The fraction of sp³-hybridized carbons (Fsp3) is 0.324. The maximum absolute atomic E-state index is 2.61. The number of hydrogen-bond acceptors (Lipinski definition) is 3. The van der Waals surface area contributed by atoms with E-state index in [0.717, 1.165) is 37.0 Å². The Morgan fingerprint density at radius 3 is 2.36 bits per heavy atom. The van der Waals surface area contributed by atoms with E-state index in [1.807, 2.05) is 11.8 Å². The van der Waals surface area contributed by atoms with Crippen LogP contribution in [-0.2, 0) is 0 Å². The van der Waals surface area contributed by atoms with Crippen molar-refractivity contribution in [3.05, 3.63) is 95.5 Å². The number of aromatic nitrogens is 1. The molecule has 5 rings (SSSR count). The Labute approximate surface area is 238 Å². The van der Waals surface area contributed by atoms with Crippen molar-refractivity contribution in [2.75, 3.05) is 57.1 Å². The van der Waals surface area contributed by atoms with Gasteiger partial charge in [-0.05, 0) is 55.3 Å². The first-order valence-electron chi connectivity index (χ1n) is 14.2. The summed E-state index contributed by atoms with van der Waals surface area (Å²) in [5.74, 6) is 1.26. The Morgan fingerprint density at radius 1 is 0.897 bits per heavy atom. The van der Waals surface area contributed by atoms with Crippen LogP contribution in [0.1, 0.15) is 32.3 Å². The number of benzene rings is 3. The highest BCUT2D eigenvalue weighted by molar-refractivity contribution is 8.03. The number of rotatable bonds is 10. The summed E-state index contributed by atoms with van der Waals surface area (Å²) in [5.41, 5.74) is 4.98. The molecule has 0 spiro atoms. The number of fused-ring (bicyclic) bond motifs is 2. The molecule has 1 aromatic heterocycles. The third-order valence-corrected chi connectivity index (χ3v) is 9.07. The molecule has 4 aromatic rings. The molecule has 0 aliphatic carbocycles. The van der Waals surface area contributed by atoms with Crippen LogP contribution in [0.4, 0.5) is 11.5 Å². The molecule has 39 heavy (non-hydrogen) atoms. The third-order valence-electron chi connectivity index (χ3n) is 7.90. The highest BCUT2D eigenvalue weighted by atomic mass is 32.2. The van der Waals surface area contributed by atoms with Crippen LogP contribution in [0, 0.1) is 0 Å². The predicted molar refractivity (Wildman–Crippen MR) is 169 cm³/mol. The molecule has 0 saturated heterocycles. The molecule has 3 aromatic carbocycles. The first kappa shape index (κ1) is 27.3. The summed E-state index contributed by atoms with van der Waals surface area (Å²) in [5, 5.41) is 2.52. The number of hydrogen-bond donors (Lipinski definition) is 0. The number of thioether (sulfide) groups is 1. The van der Waals surface area contributed by atoms with Crippen LogP contribution in [0.15, 0.2) is 94.9 Å². The zero-order valence-electron chi connectivity index (χ0n) is 24.1. The van der Waals surface area contributed by atoms with Crippen molar-refractivity contribution < 1.29 is 9.05 Å². The van der Waals surface area contributed by atoms with Gasteiger partial charge >= 0.3 is 0 Å². The minimum atomic E-state index is 1.03. The molecule has 0 fully saturated rings. The van der Waals surface area contributed by atoms with Gasteiger partial charge in [0.05, 0.1) is 51.0 Å². The summed E-state index contributed by atoms with van der Waals surface area (Å²) >= 11 is 1.86. The second kappa shape index (κ2) is 11.8. The number of anilines is 2. The van der Waals surface area contributed by atoms with Crippen molar-refractivity contribution in [2.45, 2.75) is 31.6 Å². The van der Waals surface area contributed by atoms with Gasteiger partial charge in [0.15, 0.2) is 0 Å². The minimum absolute atomic E-state index is 1.03. The van der Waals surface area contributed by atoms with E-state index in [4.69, 9.17) is 0 Å². The highest BCUT2D eigenvalue weighted by Gasteiger charge is 2.27. The fourth-order valence-corrected chi connectivity index (χ4v) is 6.46. The third kappa shape index (κ3) is 5.85. The monoisotopic (exact) mass is 538 g/mol. The highest BCUT2D eigenvalue weighted by Crippen LogP contribution is 2.45. The first-order valence-corrected chi connectivity index (χ1v) is 15.1. The molecule has 5 heteroatoms. The van der Waals surface area contributed by atoms with E-state index in [9.17, 15) is 0 Å². The van der Waals surface area contributed by atoms with Gasteiger partial charge in [0.2, 0.25) is 0 Å². The Morgan fingerprint density at radius 2 is 1.62 bits per heavy atom. The Hall–Kier alpha value is -3.28. The summed E-state index contributed by atoms with van der Waals surface area (Å²) in [6, 6.07) is 30.8. The number of para-hydroxylation sites is 3. The molecule has 0 saturated carbocycles. The van der Waals surface area contributed by atoms with E-state index in [2.05, 4.69) is 140 Å². The molecule has 202 valence electrons. The lowest BCUT2D eigenvalue weighted by molar-refractivity contribution is -0.888. The van der Waals surface area contributed by atoms with Gasteiger partial charge in [-0.1, -0.05) is 67.2 Å². The fourth-order valence-electron chi connectivity index (χ4n) is 5.36. The molecule has 4 nitrogen and oxygen atoms in total. The Kier molecular flexibility index (Phi) is 8.29. The molecule has 0 atom stereocenters. The maximum atomic E-state index is 2.61. The molecule has 0 bridgehead atoms. The molecule has 1 aliphatic rings. The summed E-state index contributed by atoms with van der Waals surface area (Å²) in [4.78, 5) is 6.24. The summed E-state index contributed by atoms with van der Waals surface area (Å²) < 4.78 is 3.52. The Balaban J connectivity index is 1.66. The lowest BCUT2D eigenvalue weighted by Gasteiger charge is -2.29. The molecule has 1 aliphatic heterocycles. The van der Waals surface area contributed by atoms with Gasteiger partial charge < -0.3 is 9.38 Å². The number of pyridine rings is 1. The maximum Gasteiger partial charge on any atom is 0.282 e. The van der Waals surface area contributed by atoms with Gasteiger partial charge in [0.1, 0.15) is 11.2 Å². The summed E-state index contributed by atoms with van der Waals surface area (Å²) in [7, 11) is 6.85. The van der Waals surface area contributed by atoms with Crippen LogP contribution in [0.25, 0.3) is 22.7 Å². The van der Waals surface area contributed by atoms with Crippen molar-refractivity contribution in [3.63, 3.8) is 0 Å². The second-order valence-electron chi connectivity index (χ2n) is 11.1. The molecule has 0 unspecified atom stereocenters. The predicted octanol–water partition coefficient (Wildman–Crippen LogP) is 7.36. The number of quaternary nitrogens is 1. The first-order chi connectivity index (χ1) is 18.9. The topological polar surface area (TPSA) is 10.4 Å². The van der Waals surface area contributed by atoms with E-state index in [1.54, 1.807) is 0 Å². The van der Waals surface area contributed by atoms with Gasteiger partial charge in [0.25, 0.3) is 5.82 Å². The molecule has 2 heterocycles. The van der Waals surface area contributed by atoms with Crippen molar-refractivity contribution in [1.82, 2.24) is 0 Å². The average Bonchev–Trinajstić information content (AvgIpc) is 3.27. The lowest BCUT2D eigenvalue weighted by Crippen LogP contribution is -2.44. The molecule has 0 amide bonds. The summed E-state index contributed by atoms with van der Waals surface area (Å²) in [6.07, 6.45) is 4.65. The van der Waals surface area contributed by atoms with Gasteiger partial charge in [-0.25, -0.2) is 0 Å². The number of nitrogens with zero attached hydrogens (tertiary/aromatic N) is 4. The van der Waals surface area contributed by atoms with Crippen LogP contribution in [0.3, 0.4) is 0 Å². The second-order valence-corrected chi connectivity index (χ2v) is 12.1. The molecular formula is C34H42N4S+2. The standard InChI is InChI=1S/C34H42N4S/c1-6-22-36(23-15-24-38(4,5)7-2)33-25-27(26-34-35(3)31-20-13-14-21-32(31)39-34)29-18-11-12-19-30(29)37(33)28-16-9-8-10-17-28/h8-14,16-21,25-26H,6-7,15,22-24H2,1-5H3/q+2. The van der Waals surface area contributed by atoms with Crippen LogP contribution >= 0.6 is 11.8 Å². The SMILES string of the molecule is CCCN(CCC[N+](C)(C)CC)c1cc(C=C2Sc3ccccc3N2C)c2ccccc2[n+]1-c1ccccc1. The van der Waals surface area contributed by atoms with Crippen LogP contribution in [0.2, 0.25) is 0 Å². The van der Waals surface area contributed by atoms with Crippen molar-refractivity contribution >= 4 is 40.2 Å². The van der Waals surface area contributed by atoms with Gasteiger partial charge in [0, 0.05) is 29.8 Å². The quantitative estimate of drug-likeness (QED) is 0.154. The zero-order chi connectivity index (χ0) is 27.4. The van der Waals surface area contributed by atoms with Crippen molar-refractivity contribution in [1.29, 1.82) is 0 Å². The van der Waals surface area contributed by atoms with E-state index in [-0.39, 0.29) is 0 Å². The smallest absolute Gasteiger partial charge is 0.282 e. The van der Waals surface area contributed by atoms with Gasteiger partial charge in [-0.3, -0.25) is 4.90 Å². The van der Waals surface area contributed by atoms with E-state index in [0.29, 0.717) is 0 Å². The minimum Gasteiger partial charge on any atom is -0.338 e. The van der Waals surface area contributed by atoms with Gasteiger partial charge in [-0.2, -0.15) is 4.57 Å². The van der Waals surface area contributed by atoms with Crippen molar-refractivity contribution in [2.24, 2.45) is 0 Å². The molecular weight excluding hydrogens is 496 g/mol. The zero-order valence-corrected chi connectivity index (χ0v) is 24.9. The van der Waals surface area contributed by atoms with Crippen LogP contribution < -0.4 is 14.4 Å². The largest absolute Gasteiger partial charge is 0.338 e. The Bertz CT molecular complexity index is 1460. The van der Waals surface area contributed by atoms with E-state index in [1.165, 1.54) is 50.1 Å².